The predicted octanol–water partition coefficient (Wildman–Crippen LogP) is 2.83. The number of halogens is 2. The number of benzene rings is 2. The lowest BCUT2D eigenvalue weighted by Gasteiger charge is -2.03. The standard InChI is InChI=1S/C18H16Br2N4O3/c19-15-7-3-1-5-13(15)9-21-23-17(25)11-27-12-18(26)24-22-10-14-6-2-4-8-16(14)20/h1-10H,11-12H2,(H,23,25)(H,24,26)/b21-9+,22-10+. The first-order valence-electron chi connectivity index (χ1n) is 7.77. The molecule has 0 heterocycles. The molecule has 0 saturated heterocycles. The Bertz CT molecular complexity index is 787. The molecule has 0 radical (unpaired) electrons. The van der Waals surface area contributed by atoms with Gasteiger partial charge in [0.15, 0.2) is 0 Å². The molecule has 2 N–H and O–H groups in total. The van der Waals surface area contributed by atoms with Crippen LogP contribution < -0.4 is 10.9 Å². The Kier molecular flexibility index (Phi) is 8.82. The molecule has 9 heteroatoms. The van der Waals surface area contributed by atoms with Crippen molar-refractivity contribution in [3.8, 4) is 0 Å². The molecule has 0 aliphatic rings. The van der Waals surface area contributed by atoms with E-state index in [9.17, 15) is 9.59 Å². The van der Waals surface area contributed by atoms with E-state index in [-0.39, 0.29) is 13.2 Å². The van der Waals surface area contributed by atoms with Crippen LogP contribution in [0.3, 0.4) is 0 Å². The maximum absolute atomic E-state index is 11.6. The lowest BCUT2D eigenvalue weighted by atomic mass is 10.2. The molecular formula is C18H16Br2N4O3. The summed E-state index contributed by atoms with van der Waals surface area (Å²) in [5.74, 6) is -0.939. The average molecular weight is 496 g/mol. The van der Waals surface area contributed by atoms with Crippen LogP contribution in [0.25, 0.3) is 0 Å². The van der Waals surface area contributed by atoms with Gasteiger partial charge in [0, 0.05) is 20.1 Å². The van der Waals surface area contributed by atoms with Gasteiger partial charge in [0.2, 0.25) is 0 Å². The first-order chi connectivity index (χ1) is 13.1. The van der Waals surface area contributed by atoms with E-state index in [1.807, 2.05) is 48.5 Å². The van der Waals surface area contributed by atoms with Gasteiger partial charge in [0.05, 0.1) is 12.4 Å². The van der Waals surface area contributed by atoms with Gasteiger partial charge in [-0.05, 0) is 12.1 Å². The second-order valence-electron chi connectivity index (χ2n) is 5.12. The van der Waals surface area contributed by atoms with Crippen molar-refractivity contribution in [2.45, 2.75) is 0 Å². The summed E-state index contributed by atoms with van der Waals surface area (Å²) in [6, 6.07) is 14.9. The van der Waals surface area contributed by atoms with Crippen molar-refractivity contribution < 1.29 is 14.3 Å². The van der Waals surface area contributed by atoms with Gasteiger partial charge in [-0.1, -0.05) is 68.3 Å². The third kappa shape index (κ3) is 7.81. The number of carbonyl (C=O) groups excluding carboxylic acids is 2. The molecule has 2 amide bonds. The Balaban J connectivity index is 1.65. The molecule has 2 aromatic rings. The molecule has 0 spiro atoms. The van der Waals surface area contributed by atoms with E-state index >= 15 is 0 Å². The van der Waals surface area contributed by atoms with Crippen LogP contribution in [-0.2, 0) is 14.3 Å². The number of hydrogen-bond acceptors (Lipinski definition) is 5. The summed E-state index contributed by atoms with van der Waals surface area (Å²) in [7, 11) is 0. The van der Waals surface area contributed by atoms with Crippen molar-refractivity contribution in [3.05, 3.63) is 68.6 Å². The van der Waals surface area contributed by atoms with Crippen LogP contribution in [0, 0.1) is 0 Å². The summed E-state index contributed by atoms with van der Waals surface area (Å²) < 4.78 is 6.74. The van der Waals surface area contributed by atoms with E-state index in [1.54, 1.807) is 0 Å². The van der Waals surface area contributed by atoms with E-state index in [0.29, 0.717) is 0 Å². The second-order valence-corrected chi connectivity index (χ2v) is 6.83. The summed E-state index contributed by atoms with van der Waals surface area (Å²) in [6.45, 7) is -0.594. The zero-order valence-electron chi connectivity index (χ0n) is 14.1. The average Bonchev–Trinajstić information content (AvgIpc) is 2.65. The number of hydrazone groups is 2. The lowest BCUT2D eigenvalue weighted by Crippen LogP contribution is -2.28. The number of nitrogens with one attached hydrogen (secondary N) is 2. The van der Waals surface area contributed by atoms with E-state index in [4.69, 9.17) is 4.74 Å². The van der Waals surface area contributed by atoms with Crippen molar-refractivity contribution in [1.29, 1.82) is 0 Å². The second kappa shape index (κ2) is 11.4. The molecule has 0 aliphatic carbocycles. The molecule has 0 fully saturated rings. The normalized spacial score (nSPS) is 11.0. The Morgan fingerprint density at radius 1 is 0.815 bits per heavy atom. The third-order valence-electron chi connectivity index (χ3n) is 3.06. The van der Waals surface area contributed by atoms with Gasteiger partial charge in [-0.2, -0.15) is 10.2 Å². The molecule has 140 valence electrons. The van der Waals surface area contributed by atoms with Crippen LogP contribution in [0.1, 0.15) is 11.1 Å². The zero-order valence-corrected chi connectivity index (χ0v) is 17.2. The highest BCUT2D eigenvalue weighted by molar-refractivity contribution is 9.10. The Morgan fingerprint density at radius 2 is 1.22 bits per heavy atom. The fourth-order valence-electron chi connectivity index (χ4n) is 1.81. The Labute approximate surface area is 173 Å². The maximum Gasteiger partial charge on any atom is 0.266 e. The van der Waals surface area contributed by atoms with Crippen molar-refractivity contribution in [2.24, 2.45) is 10.2 Å². The van der Waals surface area contributed by atoms with Crippen LogP contribution >= 0.6 is 31.9 Å². The van der Waals surface area contributed by atoms with Gasteiger partial charge in [-0.15, -0.1) is 0 Å². The third-order valence-corrected chi connectivity index (χ3v) is 4.51. The van der Waals surface area contributed by atoms with E-state index in [0.717, 1.165) is 20.1 Å². The van der Waals surface area contributed by atoms with Crippen LogP contribution in [0.5, 0.6) is 0 Å². The largest absolute Gasteiger partial charge is 0.362 e. The lowest BCUT2D eigenvalue weighted by molar-refractivity contribution is -0.130. The summed E-state index contributed by atoms with van der Waals surface area (Å²) in [4.78, 5) is 23.2. The van der Waals surface area contributed by atoms with Crippen molar-refractivity contribution in [2.75, 3.05) is 13.2 Å². The van der Waals surface area contributed by atoms with Crippen LogP contribution in [0.2, 0.25) is 0 Å². The predicted molar refractivity (Wildman–Crippen MR) is 111 cm³/mol. The molecule has 27 heavy (non-hydrogen) atoms. The van der Waals surface area contributed by atoms with Gasteiger partial charge >= 0.3 is 0 Å². The Morgan fingerprint density at radius 3 is 1.63 bits per heavy atom. The SMILES string of the molecule is O=C(COCC(=O)N/N=C/c1ccccc1Br)N/N=C/c1ccccc1Br. The van der Waals surface area contributed by atoms with Crippen LogP contribution in [0.4, 0.5) is 0 Å². The number of hydrogen-bond donors (Lipinski definition) is 2. The molecule has 0 unspecified atom stereocenters. The molecule has 0 bridgehead atoms. The first-order valence-corrected chi connectivity index (χ1v) is 9.35. The molecule has 7 nitrogen and oxygen atoms in total. The fourth-order valence-corrected chi connectivity index (χ4v) is 2.58. The summed E-state index contributed by atoms with van der Waals surface area (Å²) in [5.41, 5.74) is 6.28. The number of rotatable bonds is 8. The molecule has 0 aliphatic heterocycles. The van der Waals surface area contributed by atoms with Crippen molar-refractivity contribution in [3.63, 3.8) is 0 Å². The Hall–Kier alpha value is -2.36. The molecule has 0 saturated carbocycles. The minimum Gasteiger partial charge on any atom is -0.362 e. The summed E-state index contributed by atoms with van der Waals surface area (Å²) in [5, 5.41) is 7.66. The summed E-state index contributed by atoms with van der Waals surface area (Å²) in [6.07, 6.45) is 3.01. The highest BCUT2D eigenvalue weighted by Gasteiger charge is 2.04. The minimum atomic E-state index is -0.470. The first kappa shape index (κ1) is 20.9. The molecular weight excluding hydrogens is 480 g/mol. The van der Waals surface area contributed by atoms with E-state index in [2.05, 4.69) is 52.9 Å². The van der Waals surface area contributed by atoms with Crippen LogP contribution in [-0.4, -0.2) is 37.5 Å². The molecule has 2 aromatic carbocycles. The number of nitrogens with zero attached hydrogens (tertiary/aromatic N) is 2. The zero-order chi connectivity index (χ0) is 19.5. The fraction of sp³-hybridized carbons (Fsp3) is 0.111. The van der Waals surface area contributed by atoms with Gasteiger partial charge < -0.3 is 4.74 Å². The molecule has 2 rings (SSSR count). The van der Waals surface area contributed by atoms with Gasteiger partial charge in [-0.3, -0.25) is 9.59 Å². The monoisotopic (exact) mass is 494 g/mol. The van der Waals surface area contributed by atoms with Crippen molar-refractivity contribution >= 4 is 56.1 Å². The molecule has 0 aromatic heterocycles. The van der Waals surface area contributed by atoms with Gasteiger partial charge in [0.25, 0.3) is 11.8 Å². The maximum atomic E-state index is 11.6. The van der Waals surface area contributed by atoms with Gasteiger partial charge in [-0.25, -0.2) is 10.9 Å². The highest BCUT2D eigenvalue weighted by Crippen LogP contribution is 2.13. The highest BCUT2D eigenvalue weighted by atomic mass is 79.9. The van der Waals surface area contributed by atoms with Crippen molar-refractivity contribution in [1.82, 2.24) is 10.9 Å². The van der Waals surface area contributed by atoms with E-state index < -0.39 is 11.8 Å². The number of carbonyl (C=O) groups is 2. The van der Waals surface area contributed by atoms with Gasteiger partial charge in [0.1, 0.15) is 13.2 Å². The van der Waals surface area contributed by atoms with E-state index in [1.165, 1.54) is 12.4 Å². The minimum absolute atomic E-state index is 0.297. The van der Waals surface area contributed by atoms with Crippen LogP contribution in [0.15, 0.2) is 67.7 Å². The quantitative estimate of drug-likeness (QED) is 0.435. The smallest absolute Gasteiger partial charge is 0.266 e. The molecule has 0 atom stereocenters. The topological polar surface area (TPSA) is 92.2 Å². The number of ether oxygens (including phenoxy) is 1. The number of amides is 2. The summed E-state index contributed by atoms with van der Waals surface area (Å²) >= 11 is 6.75.